The van der Waals surface area contributed by atoms with E-state index in [9.17, 15) is 5.11 Å². The van der Waals surface area contributed by atoms with E-state index in [1.54, 1.807) is 0 Å². The summed E-state index contributed by atoms with van der Waals surface area (Å²) in [5.41, 5.74) is 1.64. The predicted molar refractivity (Wildman–Crippen MR) is 71.7 cm³/mol. The molecule has 1 heterocycles. The number of aromatic nitrogens is 2. The fraction of sp³-hybridized carbons (Fsp3) is 0.231. The van der Waals surface area contributed by atoms with Gasteiger partial charge in [0.25, 0.3) is 0 Å². The highest BCUT2D eigenvalue weighted by atomic mass is 35.5. The van der Waals surface area contributed by atoms with Gasteiger partial charge in [-0.2, -0.15) is 0 Å². The van der Waals surface area contributed by atoms with E-state index in [1.165, 1.54) is 6.33 Å². The number of aliphatic hydroxyl groups is 1. The smallest absolute Gasteiger partial charge is 0.137 e. The molecule has 1 atom stereocenters. The molecule has 0 aliphatic carbocycles. The fourth-order valence-corrected chi connectivity index (χ4v) is 1.73. The summed E-state index contributed by atoms with van der Waals surface area (Å²) in [5, 5.41) is 13.5. The molecule has 5 heteroatoms. The minimum absolute atomic E-state index is 0.373. The Morgan fingerprint density at radius 2 is 2.00 bits per heavy atom. The van der Waals surface area contributed by atoms with E-state index in [0.717, 1.165) is 11.1 Å². The molecule has 94 valence electrons. The van der Waals surface area contributed by atoms with Crippen LogP contribution in [-0.2, 0) is 0 Å². The Kier molecular flexibility index (Phi) is 4.12. The second kappa shape index (κ2) is 5.80. The van der Waals surface area contributed by atoms with Gasteiger partial charge in [0.1, 0.15) is 17.3 Å². The van der Waals surface area contributed by atoms with E-state index >= 15 is 0 Å². The number of aliphatic hydroxyl groups excluding tert-OH is 1. The summed E-state index contributed by atoms with van der Waals surface area (Å²) in [6.45, 7) is 2.21. The number of nitrogens with one attached hydrogen (secondary N) is 1. The van der Waals surface area contributed by atoms with Gasteiger partial charge in [0, 0.05) is 12.1 Å². The quantitative estimate of drug-likeness (QED) is 0.833. The van der Waals surface area contributed by atoms with Crippen LogP contribution in [0.3, 0.4) is 0 Å². The standard InChI is InChI=1S/C13H14ClN3O/c1-9-12(14)16-8-17-13(9)15-7-11(18)10-5-3-2-4-6-10/h2-6,8,11,18H,7H2,1H3,(H,15,16,17). The lowest BCUT2D eigenvalue weighted by atomic mass is 10.1. The monoisotopic (exact) mass is 263 g/mol. The van der Waals surface area contributed by atoms with Crippen molar-refractivity contribution >= 4 is 17.4 Å². The highest BCUT2D eigenvalue weighted by molar-refractivity contribution is 6.30. The first-order valence-corrected chi connectivity index (χ1v) is 6.00. The molecule has 0 fully saturated rings. The molecule has 1 aromatic heterocycles. The summed E-state index contributed by atoms with van der Waals surface area (Å²) in [6.07, 6.45) is 0.811. The van der Waals surface area contributed by atoms with Crippen molar-refractivity contribution in [2.75, 3.05) is 11.9 Å². The maximum absolute atomic E-state index is 10.0. The average Bonchev–Trinajstić information content (AvgIpc) is 2.41. The van der Waals surface area contributed by atoms with Gasteiger partial charge in [0.05, 0.1) is 6.10 Å². The summed E-state index contributed by atoms with van der Waals surface area (Å²) in [6, 6.07) is 9.47. The van der Waals surface area contributed by atoms with Gasteiger partial charge in [-0.1, -0.05) is 41.9 Å². The van der Waals surface area contributed by atoms with Crippen LogP contribution in [0.1, 0.15) is 17.2 Å². The van der Waals surface area contributed by atoms with Crippen molar-refractivity contribution in [3.63, 3.8) is 0 Å². The molecule has 0 aliphatic heterocycles. The lowest BCUT2D eigenvalue weighted by Gasteiger charge is -2.13. The molecule has 0 saturated heterocycles. The highest BCUT2D eigenvalue weighted by Crippen LogP contribution is 2.19. The van der Waals surface area contributed by atoms with Gasteiger partial charge in [0.15, 0.2) is 0 Å². The number of hydrogen-bond acceptors (Lipinski definition) is 4. The van der Waals surface area contributed by atoms with E-state index in [1.807, 2.05) is 37.3 Å². The van der Waals surface area contributed by atoms with Crippen LogP contribution < -0.4 is 5.32 Å². The number of halogens is 1. The van der Waals surface area contributed by atoms with Crippen molar-refractivity contribution in [3.05, 3.63) is 52.9 Å². The summed E-state index contributed by atoms with van der Waals surface area (Å²) < 4.78 is 0. The van der Waals surface area contributed by atoms with Crippen LogP contribution >= 0.6 is 11.6 Å². The first kappa shape index (κ1) is 12.8. The highest BCUT2D eigenvalue weighted by Gasteiger charge is 2.09. The predicted octanol–water partition coefficient (Wildman–Crippen LogP) is 2.58. The molecule has 1 unspecified atom stereocenters. The maximum Gasteiger partial charge on any atom is 0.137 e. The van der Waals surface area contributed by atoms with Crippen molar-refractivity contribution in [3.8, 4) is 0 Å². The number of hydrogen-bond donors (Lipinski definition) is 2. The van der Waals surface area contributed by atoms with Crippen molar-refractivity contribution in [1.29, 1.82) is 0 Å². The van der Waals surface area contributed by atoms with Crippen LogP contribution in [0.4, 0.5) is 5.82 Å². The Morgan fingerprint density at radius 3 is 2.72 bits per heavy atom. The largest absolute Gasteiger partial charge is 0.387 e. The molecule has 0 aliphatic rings. The number of rotatable bonds is 4. The first-order valence-electron chi connectivity index (χ1n) is 5.62. The molecule has 2 aromatic rings. The van der Waals surface area contributed by atoms with Crippen LogP contribution in [0.2, 0.25) is 5.15 Å². The zero-order valence-electron chi connectivity index (χ0n) is 9.97. The van der Waals surface area contributed by atoms with E-state index in [0.29, 0.717) is 17.5 Å². The van der Waals surface area contributed by atoms with Gasteiger partial charge in [-0.05, 0) is 12.5 Å². The van der Waals surface area contributed by atoms with Gasteiger partial charge in [0.2, 0.25) is 0 Å². The zero-order chi connectivity index (χ0) is 13.0. The lowest BCUT2D eigenvalue weighted by molar-refractivity contribution is 0.191. The zero-order valence-corrected chi connectivity index (χ0v) is 10.7. The van der Waals surface area contributed by atoms with Gasteiger partial charge < -0.3 is 10.4 Å². The van der Waals surface area contributed by atoms with E-state index in [4.69, 9.17) is 11.6 Å². The van der Waals surface area contributed by atoms with E-state index in [-0.39, 0.29) is 0 Å². The fourth-order valence-electron chi connectivity index (χ4n) is 1.59. The summed E-state index contributed by atoms with van der Waals surface area (Å²) in [7, 11) is 0. The second-order valence-electron chi connectivity index (χ2n) is 3.95. The summed E-state index contributed by atoms with van der Waals surface area (Å²) in [5.74, 6) is 0.644. The molecular weight excluding hydrogens is 250 g/mol. The second-order valence-corrected chi connectivity index (χ2v) is 4.30. The van der Waals surface area contributed by atoms with Crippen molar-refractivity contribution in [2.24, 2.45) is 0 Å². The Labute approximate surface area is 111 Å². The van der Waals surface area contributed by atoms with Crippen LogP contribution in [-0.4, -0.2) is 21.6 Å². The molecule has 0 amide bonds. The van der Waals surface area contributed by atoms with Gasteiger partial charge >= 0.3 is 0 Å². The van der Waals surface area contributed by atoms with Crippen molar-refractivity contribution in [2.45, 2.75) is 13.0 Å². The van der Waals surface area contributed by atoms with Crippen molar-refractivity contribution < 1.29 is 5.11 Å². The van der Waals surface area contributed by atoms with Crippen LogP contribution in [0.5, 0.6) is 0 Å². The molecule has 2 N–H and O–H groups in total. The first-order chi connectivity index (χ1) is 8.68. The number of benzene rings is 1. The average molecular weight is 264 g/mol. The topological polar surface area (TPSA) is 58.0 Å². The SMILES string of the molecule is Cc1c(Cl)ncnc1NCC(O)c1ccccc1. The Morgan fingerprint density at radius 1 is 1.28 bits per heavy atom. The number of nitrogens with zero attached hydrogens (tertiary/aromatic N) is 2. The van der Waals surface area contributed by atoms with Crippen LogP contribution in [0, 0.1) is 6.92 Å². The third kappa shape index (κ3) is 2.97. The van der Waals surface area contributed by atoms with Crippen molar-refractivity contribution in [1.82, 2.24) is 9.97 Å². The Bertz CT molecular complexity index is 519. The minimum Gasteiger partial charge on any atom is -0.387 e. The molecular formula is C13H14ClN3O. The van der Waals surface area contributed by atoms with Gasteiger partial charge in [-0.25, -0.2) is 9.97 Å². The minimum atomic E-state index is -0.584. The van der Waals surface area contributed by atoms with Gasteiger partial charge in [-0.15, -0.1) is 0 Å². The Balaban J connectivity index is 2.02. The van der Waals surface area contributed by atoms with E-state index in [2.05, 4.69) is 15.3 Å². The third-order valence-electron chi connectivity index (χ3n) is 2.67. The molecule has 18 heavy (non-hydrogen) atoms. The molecule has 2 rings (SSSR count). The summed E-state index contributed by atoms with van der Waals surface area (Å²) >= 11 is 5.89. The summed E-state index contributed by atoms with van der Waals surface area (Å²) in [4.78, 5) is 7.96. The molecule has 0 bridgehead atoms. The molecule has 0 saturated carbocycles. The third-order valence-corrected chi connectivity index (χ3v) is 3.05. The lowest BCUT2D eigenvalue weighted by Crippen LogP contribution is -2.13. The van der Waals surface area contributed by atoms with E-state index < -0.39 is 6.10 Å². The molecule has 1 aromatic carbocycles. The molecule has 4 nitrogen and oxygen atoms in total. The Hall–Kier alpha value is -1.65. The molecule has 0 radical (unpaired) electrons. The van der Waals surface area contributed by atoms with Gasteiger partial charge in [-0.3, -0.25) is 0 Å². The normalized spacial score (nSPS) is 12.2. The maximum atomic E-state index is 10.0. The number of anilines is 1. The van der Waals surface area contributed by atoms with Crippen LogP contribution in [0.15, 0.2) is 36.7 Å². The molecule has 0 spiro atoms. The van der Waals surface area contributed by atoms with Crippen LogP contribution in [0.25, 0.3) is 0 Å².